The lowest BCUT2D eigenvalue weighted by atomic mass is 10.2. The number of rotatable bonds is 12. The van der Waals surface area contributed by atoms with Crippen molar-refractivity contribution in [2.24, 2.45) is 5.10 Å². The molecule has 0 spiro atoms. The van der Waals surface area contributed by atoms with Crippen LogP contribution in [0.2, 0.25) is 0 Å². The third kappa shape index (κ3) is 9.15. The number of benzene rings is 3. The zero-order chi connectivity index (χ0) is 28.4. The van der Waals surface area contributed by atoms with Crippen LogP contribution in [0.4, 0.5) is 5.69 Å². The molecule has 2 amide bonds. The van der Waals surface area contributed by atoms with Crippen LogP contribution < -0.4 is 24.5 Å². The predicted octanol–water partition coefficient (Wildman–Crippen LogP) is 3.69. The number of hydrogen-bond donors (Lipinski definition) is 2. The van der Waals surface area contributed by atoms with E-state index in [9.17, 15) is 18.0 Å². The van der Waals surface area contributed by atoms with Crippen molar-refractivity contribution in [1.82, 2.24) is 10.7 Å². The van der Waals surface area contributed by atoms with Crippen LogP contribution >= 0.6 is 0 Å². The second-order valence-electron chi connectivity index (χ2n) is 8.96. The zero-order valence-corrected chi connectivity index (χ0v) is 23.0. The van der Waals surface area contributed by atoms with Crippen LogP contribution in [0, 0.1) is 0 Å². The monoisotopic (exact) mass is 552 g/mol. The van der Waals surface area contributed by atoms with Gasteiger partial charge in [0.2, 0.25) is 10.0 Å². The van der Waals surface area contributed by atoms with E-state index in [2.05, 4.69) is 15.8 Å². The number of ether oxygens (including phenoxy) is 2. The highest BCUT2D eigenvalue weighted by atomic mass is 32.2. The molecule has 10 nitrogen and oxygen atoms in total. The van der Waals surface area contributed by atoms with Crippen molar-refractivity contribution >= 4 is 33.7 Å². The first-order chi connectivity index (χ1) is 18.5. The summed E-state index contributed by atoms with van der Waals surface area (Å²) in [7, 11) is -3.80. The van der Waals surface area contributed by atoms with Crippen molar-refractivity contribution in [2.45, 2.75) is 32.9 Å². The number of nitrogens with one attached hydrogen (secondary N) is 2. The molecule has 0 aliphatic rings. The van der Waals surface area contributed by atoms with Crippen LogP contribution in [-0.4, -0.2) is 51.4 Å². The smallest absolute Gasteiger partial charge is 0.263 e. The number of hydrazone groups is 1. The molecule has 0 aromatic heterocycles. The molecule has 0 aliphatic heterocycles. The molecule has 0 heterocycles. The highest BCUT2D eigenvalue weighted by Crippen LogP contribution is 2.27. The lowest BCUT2D eigenvalue weighted by Crippen LogP contribution is -2.46. The average molecular weight is 553 g/mol. The Morgan fingerprint density at radius 3 is 2.08 bits per heavy atom. The maximum atomic E-state index is 12.8. The molecule has 206 valence electrons. The van der Waals surface area contributed by atoms with Gasteiger partial charge in [0.05, 0.1) is 18.2 Å². The van der Waals surface area contributed by atoms with E-state index in [1.165, 1.54) is 13.1 Å². The number of amides is 2. The van der Waals surface area contributed by atoms with E-state index in [0.29, 0.717) is 28.5 Å². The van der Waals surface area contributed by atoms with E-state index in [1.807, 2.05) is 32.0 Å². The Kier molecular flexibility index (Phi) is 10.0. The van der Waals surface area contributed by atoms with Gasteiger partial charge in [0.25, 0.3) is 11.8 Å². The standard InChI is InChI=1S/C28H32N4O6S/c1-20(2)30-27(33)19-37-24-14-10-22(11-15-24)18-29-31-28(34)21(3)32(39(4,35)36)23-12-16-26(17-13-23)38-25-8-6-5-7-9-25/h5-18,20-21H,19H2,1-4H3,(H,30,33)(H,31,34)/b29-18-/t21-/m0/s1. The molecule has 3 aromatic rings. The van der Waals surface area contributed by atoms with Crippen LogP contribution in [0.1, 0.15) is 26.3 Å². The second-order valence-corrected chi connectivity index (χ2v) is 10.8. The van der Waals surface area contributed by atoms with E-state index in [1.54, 1.807) is 60.7 Å². The van der Waals surface area contributed by atoms with Gasteiger partial charge in [0, 0.05) is 6.04 Å². The van der Waals surface area contributed by atoms with Gasteiger partial charge in [-0.2, -0.15) is 5.10 Å². The fourth-order valence-corrected chi connectivity index (χ4v) is 4.70. The Balaban J connectivity index is 1.60. The first-order valence-electron chi connectivity index (χ1n) is 12.2. The molecule has 0 bridgehead atoms. The molecule has 3 rings (SSSR count). The molecule has 39 heavy (non-hydrogen) atoms. The van der Waals surface area contributed by atoms with E-state index in [4.69, 9.17) is 9.47 Å². The largest absolute Gasteiger partial charge is 0.484 e. The fourth-order valence-electron chi connectivity index (χ4n) is 3.52. The summed E-state index contributed by atoms with van der Waals surface area (Å²) in [6.07, 6.45) is 2.45. The van der Waals surface area contributed by atoms with Gasteiger partial charge < -0.3 is 14.8 Å². The van der Waals surface area contributed by atoms with Gasteiger partial charge in [-0.15, -0.1) is 0 Å². The zero-order valence-electron chi connectivity index (χ0n) is 22.2. The average Bonchev–Trinajstić information content (AvgIpc) is 2.88. The van der Waals surface area contributed by atoms with E-state index in [-0.39, 0.29) is 18.6 Å². The van der Waals surface area contributed by atoms with Gasteiger partial charge in [-0.1, -0.05) is 18.2 Å². The van der Waals surface area contributed by atoms with Crippen molar-refractivity contribution in [3.05, 3.63) is 84.4 Å². The normalized spacial score (nSPS) is 12.1. The summed E-state index contributed by atoms with van der Waals surface area (Å²) >= 11 is 0. The van der Waals surface area contributed by atoms with Gasteiger partial charge in [0.15, 0.2) is 6.61 Å². The number of carbonyl (C=O) groups is 2. The number of para-hydroxylation sites is 1. The van der Waals surface area contributed by atoms with Gasteiger partial charge in [0.1, 0.15) is 23.3 Å². The third-order valence-electron chi connectivity index (χ3n) is 5.25. The minimum Gasteiger partial charge on any atom is -0.484 e. The summed E-state index contributed by atoms with van der Waals surface area (Å²) in [5.74, 6) is 0.847. The summed E-state index contributed by atoms with van der Waals surface area (Å²) in [6, 6.07) is 21.3. The lowest BCUT2D eigenvalue weighted by molar-refractivity contribution is -0.123. The first-order valence-corrected chi connectivity index (χ1v) is 14.1. The quantitative estimate of drug-likeness (QED) is 0.261. The highest BCUT2D eigenvalue weighted by Gasteiger charge is 2.29. The molecule has 0 saturated carbocycles. The van der Waals surface area contributed by atoms with Gasteiger partial charge in [-0.25, -0.2) is 13.8 Å². The summed E-state index contributed by atoms with van der Waals surface area (Å²) < 4.78 is 37.3. The number of sulfonamides is 1. The molecule has 0 unspecified atom stereocenters. The number of hydrogen-bond acceptors (Lipinski definition) is 7. The van der Waals surface area contributed by atoms with Crippen molar-refractivity contribution in [1.29, 1.82) is 0 Å². The molecule has 1 atom stereocenters. The van der Waals surface area contributed by atoms with Crippen LogP contribution in [0.3, 0.4) is 0 Å². The summed E-state index contributed by atoms with van der Waals surface area (Å²) in [5, 5.41) is 6.69. The van der Waals surface area contributed by atoms with Crippen LogP contribution in [0.5, 0.6) is 17.2 Å². The molecule has 3 aromatic carbocycles. The second kappa shape index (κ2) is 13.4. The Morgan fingerprint density at radius 2 is 1.49 bits per heavy atom. The van der Waals surface area contributed by atoms with E-state index < -0.39 is 22.0 Å². The van der Waals surface area contributed by atoms with Crippen molar-refractivity contribution < 1.29 is 27.5 Å². The minimum atomic E-state index is -3.80. The van der Waals surface area contributed by atoms with Crippen LogP contribution in [-0.2, 0) is 19.6 Å². The minimum absolute atomic E-state index is 0.0298. The molecule has 11 heteroatoms. The SMILES string of the molecule is CC(C)NC(=O)COc1ccc(/C=N\NC(=O)[C@H](C)N(c2ccc(Oc3ccccc3)cc2)S(C)(=O)=O)cc1. The van der Waals surface area contributed by atoms with E-state index >= 15 is 0 Å². The Bertz CT molecular complexity index is 1380. The first kappa shape index (κ1) is 29.2. The molecular formula is C28H32N4O6S. The molecule has 0 saturated heterocycles. The molecule has 2 N–H and O–H groups in total. The van der Waals surface area contributed by atoms with Crippen LogP contribution in [0.25, 0.3) is 0 Å². The van der Waals surface area contributed by atoms with Gasteiger partial charge in [-0.3, -0.25) is 13.9 Å². The van der Waals surface area contributed by atoms with Gasteiger partial charge >= 0.3 is 0 Å². The lowest BCUT2D eigenvalue weighted by Gasteiger charge is -2.27. The maximum Gasteiger partial charge on any atom is 0.263 e. The molecule has 0 fully saturated rings. The highest BCUT2D eigenvalue weighted by molar-refractivity contribution is 7.92. The van der Waals surface area contributed by atoms with E-state index in [0.717, 1.165) is 10.6 Å². The Morgan fingerprint density at radius 1 is 0.897 bits per heavy atom. The summed E-state index contributed by atoms with van der Waals surface area (Å²) in [5.41, 5.74) is 3.36. The van der Waals surface area contributed by atoms with Gasteiger partial charge in [-0.05, 0) is 87.0 Å². The van der Waals surface area contributed by atoms with Crippen molar-refractivity contribution in [2.75, 3.05) is 17.2 Å². The van der Waals surface area contributed by atoms with Crippen LogP contribution in [0.15, 0.2) is 84.0 Å². The third-order valence-corrected chi connectivity index (χ3v) is 6.49. The topological polar surface area (TPSA) is 126 Å². The fraction of sp³-hybridized carbons (Fsp3) is 0.250. The Hall–Kier alpha value is -4.38. The maximum absolute atomic E-state index is 12.8. The molecule has 0 radical (unpaired) electrons. The number of anilines is 1. The number of nitrogens with zero attached hydrogens (tertiary/aromatic N) is 2. The molecule has 0 aliphatic carbocycles. The van der Waals surface area contributed by atoms with Crippen molar-refractivity contribution in [3.63, 3.8) is 0 Å². The molecular weight excluding hydrogens is 520 g/mol. The summed E-state index contributed by atoms with van der Waals surface area (Å²) in [4.78, 5) is 24.5. The van der Waals surface area contributed by atoms with Crippen molar-refractivity contribution in [3.8, 4) is 17.2 Å². The number of carbonyl (C=O) groups excluding carboxylic acids is 2. The predicted molar refractivity (Wildman–Crippen MR) is 151 cm³/mol. The summed E-state index contributed by atoms with van der Waals surface area (Å²) in [6.45, 7) is 5.11. The Labute approximate surface area is 228 Å².